The summed E-state index contributed by atoms with van der Waals surface area (Å²) in [6.45, 7) is 5.79. The third kappa shape index (κ3) is 3.15. The molecule has 0 spiro atoms. The lowest BCUT2D eigenvalue weighted by molar-refractivity contribution is 0.754. The first kappa shape index (κ1) is 17.5. The van der Waals surface area contributed by atoms with Gasteiger partial charge in [0.25, 0.3) is 0 Å². The highest BCUT2D eigenvalue weighted by Gasteiger charge is 2.26. The first-order valence-electron chi connectivity index (χ1n) is 9.30. The van der Waals surface area contributed by atoms with Crippen LogP contribution in [0.5, 0.6) is 0 Å². The van der Waals surface area contributed by atoms with Gasteiger partial charge in [0, 0.05) is 43.7 Å². The summed E-state index contributed by atoms with van der Waals surface area (Å²) < 4.78 is 1.84. The number of benzene rings is 1. The highest BCUT2D eigenvalue weighted by atomic mass is 15.2. The largest absolute Gasteiger partial charge is 0.356 e. The number of aryl methyl sites for hydroxylation is 2. The molecule has 27 heavy (non-hydrogen) atoms. The number of aromatic nitrogens is 3. The quantitative estimate of drug-likeness (QED) is 0.775. The second kappa shape index (κ2) is 6.67. The molecule has 2 unspecified atom stereocenters. The van der Waals surface area contributed by atoms with Crippen molar-refractivity contribution >= 4 is 16.7 Å². The molecule has 0 radical (unpaired) electrons. The van der Waals surface area contributed by atoms with E-state index in [2.05, 4.69) is 28.3 Å². The Kier molecular flexibility index (Phi) is 4.33. The average Bonchev–Trinajstić information content (AvgIpc) is 3.29. The highest BCUT2D eigenvalue weighted by molar-refractivity contribution is 5.90. The van der Waals surface area contributed by atoms with E-state index in [9.17, 15) is 5.26 Å². The number of anilines is 1. The van der Waals surface area contributed by atoms with Gasteiger partial charge in [-0.2, -0.15) is 10.4 Å². The first-order chi connectivity index (χ1) is 13.0. The molecule has 4 rings (SSSR count). The zero-order valence-electron chi connectivity index (χ0n) is 16.0. The summed E-state index contributed by atoms with van der Waals surface area (Å²) in [6.07, 6.45) is 5.08. The van der Waals surface area contributed by atoms with Crippen LogP contribution in [0.1, 0.15) is 47.6 Å². The molecule has 0 bridgehead atoms. The third-order valence-corrected chi connectivity index (χ3v) is 5.39. The molecule has 3 aromatic rings. The van der Waals surface area contributed by atoms with Crippen molar-refractivity contribution in [3.8, 4) is 6.07 Å². The number of hydrogen-bond donors (Lipinski definition) is 1. The van der Waals surface area contributed by atoms with E-state index >= 15 is 0 Å². The molecule has 2 atom stereocenters. The Morgan fingerprint density at radius 3 is 2.81 bits per heavy atom. The predicted molar refractivity (Wildman–Crippen MR) is 107 cm³/mol. The second-order valence-electron chi connectivity index (χ2n) is 7.56. The Hall–Kier alpha value is -2.91. The average molecular weight is 360 g/mol. The van der Waals surface area contributed by atoms with E-state index in [0.717, 1.165) is 47.4 Å². The minimum atomic E-state index is -0.136. The van der Waals surface area contributed by atoms with Crippen molar-refractivity contribution in [1.29, 1.82) is 5.26 Å². The molecule has 6 nitrogen and oxygen atoms in total. The van der Waals surface area contributed by atoms with E-state index in [1.165, 1.54) is 5.56 Å². The lowest BCUT2D eigenvalue weighted by Gasteiger charge is -2.20. The van der Waals surface area contributed by atoms with Crippen molar-refractivity contribution in [2.75, 3.05) is 18.0 Å². The third-order valence-electron chi connectivity index (χ3n) is 5.39. The number of hydrogen-bond acceptors (Lipinski definition) is 5. The molecule has 0 aliphatic carbocycles. The summed E-state index contributed by atoms with van der Waals surface area (Å²) in [5.41, 5.74) is 11.0. The molecule has 6 heteroatoms. The summed E-state index contributed by atoms with van der Waals surface area (Å²) in [5.74, 6) is 1.30. The Balaban J connectivity index is 1.75. The van der Waals surface area contributed by atoms with Gasteiger partial charge in [-0.15, -0.1) is 0 Å². The number of nitrogens with two attached hydrogens (primary N) is 1. The summed E-state index contributed by atoms with van der Waals surface area (Å²) in [5, 5.41) is 14.9. The molecule has 1 saturated heterocycles. The van der Waals surface area contributed by atoms with Crippen molar-refractivity contribution in [3.63, 3.8) is 0 Å². The fourth-order valence-electron chi connectivity index (χ4n) is 3.98. The van der Waals surface area contributed by atoms with Crippen molar-refractivity contribution in [1.82, 2.24) is 14.8 Å². The standard InChI is InChI=1S/C21H24N6/c1-13-6-18(14(2)23)21-19(7-13)16(9-22)8-20(25-21)27-5-4-15(12-27)17-10-24-26(3)11-17/h6-8,10-11,14-15H,4-5,12,23H2,1-3H3. The minimum absolute atomic E-state index is 0.136. The van der Waals surface area contributed by atoms with Crippen LogP contribution in [0.15, 0.2) is 30.6 Å². The van der Waals surface area contributed by atoms with Crippen LogP contribution in [0, 0.1) is 18.3 Å². The predicted octanol–water partition coefficient (Wildman–Crippen LogP) is 3.16. The van der Waals surface area contributed by atoms with E-state index < -0.39 is 0 Å². The number of nitrogens with zero attached hydrogens (tertiary/aromatic N) is 5. The van der Waals surface area contributed by atoms with Crippen LogP contribution >= 0.6 is 0 Å². The highest BCUT2D eigenvalue weighted by Crippen LogP contribution is 2.33. The molecule has 1 aliphatic heterocycles. The van der Waals surface area contributed by atoms with E-state index in [1.54, 1.807) is 0 Å². The van der Waals surface area contributed by atoms with Crippen molar-refractivity contribution in [3.05, 3.63) is 52.8 Å². The lowest BCUT2D eigenvalue weighted by Crippen LogP contribution is -2.21. The van der Waals surface area contributed by atoms with Crippen LogP contribution in [-0.4, -0.2) is 27.9 Å². The Bertz CT molecular complexity index is 1040. The van der Waals surface area contributed by atoms with Crippen LogP contribution < -0.4 is 10.6 Å². The van der Waals surface area contributed by atoms with Gasteiger partial charge < -0.3 is 10.6 Å². The maximum Gasteiger partial charge on any atom is 0.130 e. The number of rotatable bonds is 3. The molecule has 2 N–H and O–H groups in total. The van der Waals surface area contributed by atoms with E-state index in [1.807, 2.05) is 43.9 Å². The van der Waals surface area contributed by atoms with Crippen molar-refractivity contribution in [2.24, 2.45) is 12.8 Å². The van der Waals surface area contributed by atoms with Gasteiger partial charge in [-0.3, -0.25) is 4.68 Å². The Morgan fingerprint density at radius 1 is 1.33 bits per heavy atom. The maximum absolute atomic E-state index is 9.72. The lowest BCUT2D eigenvalue weighted by atomic mass is 9.98. The van der Waals surface area contributed by atoms with Gasteiger partial charge in [-0.25, -0.2) is 4.98 Å². The van der Waals surface area contributed by atoms with Gasteiger partial charge >= 0.3 is 0 Å². The van der Waals surface area contributed by atoms with E-state index in [4.69, 9.17) is 10.7 Å². The van der Waals surface area contributed by atoms with Gasteiger partial charge in [0.05, 0.1) is 23.3 Å². The van der Waals surface area contributed by atoms with Crippen molar-refractivity contribution in [2.45, 2.75) is 32.2 Å². The van der Waals surface area contributed by atoms with E-state index in [-0.39, 0.29) is 6.04 Å². The van der Waals surface area contributed by atoms with Crippen LogP contribution in [-0.2, 0) is 7.05 Å². The van der Waals surface area contributed by atoms with Crippen molar-refractivity contribution < 1.29 is 0 Å². The summed E-state index contributed by atoms with van der Waals surface area (Å²) >= 11 is 0. The Labute approximate surface area is 159 Å². The zero-order chi connectivity index (χ0) is 19.1. The second-order valence-corrected chi connectivity index (χ2v) is 7.56. The summed E-state index contributed by atoms with van der Waals surface area (Å²) in [6, 6.07) is 8.24. The summed E-state index contributed by atoms with van der Waals surface area (Å²) in [7, 11) is 1.94. The molecule has 1 aromatic carbocycles. The fourth-order valence-corrected chi connectivity index (χ4v) is 3.98. The fraction of sp³-hybridized carbons (Fsp3) is 0.381. The number of pyridine rings is 1. The van der Waals surface area contributed by atoms with Gasteiger partial charge in [0.15, 0.2) is 0 Å². The normalized spacial score (nSPS) is 18.0. The maximum atomic E-state index is 9.72. The van der Waals surface area contributed by atoms with Gasteiger partial charge in [-0.1, -0.05) is 11.6 Å². The first-order valence-corrected chi connectivity index (χ1v) is 9.30. The Morgan fingerprint density at radius 2 is 2.15 bits per heavy atom. The molecule has 1 fully saturated rings. The molecule has 1 aliphatic rings. The summed E-state index contributed by atoms with van der Waals surface area (Å²) in [4.78, 5) is 7.20. The molecular weight excluding hydrogens is 336 g/mol. The SMILES string of the molecule is Cc1cc(C(C)N)c2nc(N3CCC(c4cnn(C)c4)C3)cc(C#N)c2c1. The molecule has 2 aromatic heterocycles. The van der Waals surface area contributed by atoms with Crippen LogP contribution in [0.2, 0.25) is 0 Å². The smallest absolute Gasteiger partial charge is 0.130 e. The molecule has 138 valence electrons. The molecule has 3 heterocycles. The zero-order valence-corrected chi connectivity index (χ0v) is 16.0. The number of nitriles is 1. The molecular formula is C21H24N6. The molecule has 0 amide bonds. The van der Waals surface area contributed by atoms with Crippen LogP contribution in [0.3, 0.4) is 0 Å². The monoisotopic (exact) mass is 360 g/mol. The van der Waals surface area contributed by atoms with E-state index in [0.29, 0.717) is 11.5 Å². The van der Waals surface area contributed by atoms with Crippen LogP contribution in [0.4, 0.5) is 5.82 Å². The van der Waals surface area contributed by atoms with Gasteiger partial charge in [0.1, 0.15) is 5.82 Å². The van der Waals surface area contributed by atoms with Crippen LogP contribution in [0.25, 0.3) is 10.9 Å². The van der Waals surface area contributed by atoms with Gasteiger partial charge in [0.2, 0.25) is 0 Å². The van der Waals surface area contributed by atoms with Gasteiger partial charge in [-0.05, 0) is 43.5 Å². The topological polar surface area (TPSA) is 83.8 Å². The molecule has 0 saturated carbocycles. The minimum Gasteiger partial charge on any atom is -0.356 e. The number of fused-ring (bicyclic) bond motifs is 1.